The maximum Gasteiger partial charge on any atom is 0.0697 e. The molecule has 0 radical (unpaired) electrons. The lowest BCUT2D eigenvalue weighted by Crippen LogP contribution is -2.00. The third-order valence-corrected chi connectivity index (χ3v) is 9.13. The Morgan fingerprint density at radius 3 is 0.467 bits per heavy atom. The summed E-state index contributed by atoms with van der Waals surface area (Å²) < 4.78 is 16.5. The fourth-order valence-electron chi connectivity index (χ4n) is 6.20. The number of aliphatic hydroxyl groups is 2. The molecule has 0 aromatic rings. The van der Waals surface area contributed by atoms with Crippen LogP contribution in [0, 0.1) is 0 Å². The first kappa shape index (κ1) is 44.8. The minimum atomic E-state index is 0.145. The predicted molar refractivity (Wildman–Crippen MR) is 194 cm³/mol. The van der Waals surface area contributed by atoms with Gasteiger partial charge in [-0.3, -0.25) is 0 Å². The monoisotopic (exact) mass is 643 g/mol. The first-order valence-corrected chi connectivity index (χ1v) is 20.4. The van der Waals surface area contributed by atoms with E-state index in [1.165, 1.54) is 193 Å². The van der Waals surface area contributed by atoms with Crippen LogP contribution in [0.2, 0.25) is 0 Å². The third kappa shape index (κ3) is 43.8. The lowest BCUT2D eigenvalue weighted by Gasteiger charge is -2.06. The fourth-order valence-corrected chi connectivity index (χ4v) is 6.20. The highest BCUT2D eigenvalue weighted by Gasteiger charge is 1.98. The molecule has 0 aromatic carbocycles. The zero-order chi connectivity index (χ0) is 32.4. The van der Waals surface area contributed by atoms with E-state index < -0.39 is 0 Å². The number of ether oxygens (including phenoxy) is 3. The largest absolute Gasteiger partial charge is 0.394 e. The van der Waals surface area contributed by atoms with E-state index in [1.54, 1.807) is 0 Å². The Hall–Kier alpha value is -0.200. The van der Waals surface area contributed by atoms with E-state index in [0.717, 1.165) is 39.3 Å². The summed E-state index contributed by atoms with van der Waals surface area (Å²) in [6.07, 6.45) is 43.8. The highest BCUT2D eigenvalue weighted by atomic mass is 16.5. The summed E-state index contributed by atoms with van der Waals surface area (Å²) in [7, 11) is 0. The standard InChI is InChI=1S/C40H82O5/c41-33-39-44-37-31-27-23-19-15-11-7-3-1-5-9-13-17-21-25-29-35-43-36-30-26-22-18-14-10-6-2-4-8-12-16-20-24-28-32-38-45-40-34-42/h41-42H,1-40H2. The Labute approximate surface area is 282 Å². The normalized spacial score (nSPS) is 11.6. The van der Waals surface area contributed by atoms with Crippen LogP contribution in [0.25, 0.3) is 0 Å². The van der Waals surface area contributed by atoms with E-state index in [1.807, 2.05) is 0 Å². The summed E-state index contributed by atoms with van der Waals surface area (Å²) in [4.78, 5) is 0. The Balaban J connectivity index is 3.03. The van der Waals surface area contributed by atoms with Crippen molar-refractivity contribution in [1.29, 1.82) is 0 Å². The first-order valence-electron chi connectivity index (χ1n) is 20.4. The summed E-state index contributed by atoms with van der Waals surface area (Å²) in [5, 5.41) is 17.3. The first-order chi connectivity index (χ1) is 22.4. The minimum Gasteiger partial charge on any atom is -0.394 e. The van der Waals surface area contributed by atoms with Crippen LogP contribution in [0.15, 0.2) is 0 Å². The molecule has 0 bridgehead atoms. The molecule has 0 spiro atoms. The van der Waals surface area contributed by atoms with Gasteiger partial charge in [-0.2, -0.15) is 0 Å². The second kappa shape index (κ2) is 43.8. The molecule has 0 rings (SSSR count). The Bertz CT molecular complexity index is 447. The van der Waals surface area contributed by atoms with Crippen molar-refractivity contribution in [2.75, 3.05) is 52.9 Å². The van der Waals surface area contributed by atoms with Gasteiger partial charge < -0.3 is 24.4 Å². The summed E-state index contributed by atoms with van der Waals surface area (Å²) >= 11 is 0. The van der Waals surface area contributed by atoms with Crippen LogP contribution in [0.4, 0.5) is 0 Å². The topological polar surface area (TPSA) is 68.2 Å². The molecule has 5 nitrogen and oxygen atoms in total. The molecule has 5 heteroatoms. The summed E-state index contributed by atoms with van der Waals surface area (Å²) in [5.41, 5.74) is 0. The Kier molecular flexibility index (Phi) is 43.6. The molecule has 0 atom stereocenters. The average molecular weight is 643 g/mol. The maximum absolute atomic E-state index is 8.67. The number of aliphatic hydroxyl groups excluding tert-OH is 2. The quantitative estimate of drug-likeness (QED) is 0.0648. The van der Waals surface area contributed by atoms with Crippen molar-refractivity contribution >= 4 is 0 Å². The van der Waals surface area contributed by atoms with Gasteiger partial charge in [0.1, 0.15) is 0 Å². The number of hydrogen-bond acceptors (Lipinski definition) is 5. The van der Waals surface area contributed by atoms with E-state index in [0.29, 0.717) is 13.2 Å². The fraction of sp³-hybridized carbons (Fsp3) is 1.00. The SMILES string of the molecule is OCCOCCCCCCCCCCCCCCCCCCOCCCCCCCCCCCCCCCCCCOCCO. The van der Waals surface area contributed by atoms with Gasteiger partial charge in [-0.1, -0.05) is 180 Å². The number of unbranched alkanes of at least 4 members (excludes halogenated alkanes) is 30. The van der Waals surface area contributed by atoms with Gasteiger partial charge in [-0.15, -0.1) is 0 Å². The minimum absolute atomic E-state index is 0.145. The summed E-state index contributed by atoms with van der Waals surface area (Å²) in [6.45, 7) is 4.84. The van der Waals surface area contributed by atoms with Crippen molar-refractivity contribution in [3.8, 4) is 0 Å². The Morgan fingerprint density at radius 2 is 0.311 bits per heavy atom. The van der Waals surface area contributed by atoms with Crippen LogP contribution >= 0.6 is 0 Å². The molecule has 0 unspecified atom stereocenters. The van der Waals surface area contributed by atoms with Crippen LogP contribution in [-0.4, -0.2) is 63.1 Å². The molecule has 0 aliphatic rings. The molecular formula is C40H82O5. The maximum atomic E-state index is 8.67. The molecule has 0 saturated carbocycles. The van der Waals surface area contributed by atoms with Crippen LogP contribution in [0.5, 0.6) is 0 Å². The molecular weight excluding hydrogens is 560 g/mol. The lowest BCUT2D eigenvalue weighted by atomic mass is 10.0. The van der Waals surface area contributed by atoms with Gasteiger partial charge in [-0.25, -0.2) is 0 Å². The molecule has 0 aliphatic heterocycles. The predicted octanol–water partition coefficient (Wildman–Crippen LogP) is 11.5. The Morgan fingerprint density at radius 1 is 0.178 bits per heavy atom. The molecule has 0 aromatic heterocycles. The lowest BCUT2D eigenvalue weighted by molar-refractivity contribution is 0.0895. The van der Waals surface area contributed by atoms with Gasteiger partial charge >= 0.3 is 0 Å². The van der Waals surface area contributed by atoms with Gasteiger partial charge in [-0.05, 0) is 25.7 Å². The third-order valence-electron chi connectivity index (χ3n) is 9.13. The second-order valence-corrected chi connectivity index (χ2v) is 13.6. The number of hydrogen-bond donors (Lipinski definition) is 2. The number of rotatable bonds is 42. The van der Waals surface area contributed by atoms with Crippen molar-refractivity contribution in [3.05, 3.63) is 0 Å². The van der Waals surface area contributed by atoms with Crippen molar-refractivity contribution in [3.63, 3.8) is 0 Å². The summed E-state index contributed by atoms with van der Waals surface area (Å²) in [6, 6.07) is 0. The van der Waals surface area contributed by atoms with Crippen LogP contribution in [0.3, 0.4) is 0 Å². The van der Waals surface area contributed by atoms with E-state index in [4.69, 9.17) is 24.4 Å². The van der Waals surface area contributed by atoms with E-state index in [9.17, 15) is 0 Å². The van der Waals surface area contributed by atoms with Crippen molar-refractivity contribution in [2.45, 2.75) is 205 Å². The molecule has 0 amide bonds. The molecule has 0 aliphatic carbocycles. The van der Waals surface area contributed by atoms with E-state index in [2.05, 4.69) is 0 Å². The van der Waals surface area contributed by atoms with Crippen LogP contribution in [-0.2, 0) is 14.2 Å². The average Bonchev–Trinajstić information content (AvgIpc) is 3.05. The van der Waals surface area contributed by atoms with E-state index in [-0.39, 0.29) is 13.2 Å². The second-order valence-electron chi connectivity index (χ2n) is 13.6. The van der Waals surface area contributed by atoms with Gasteiger partial charge in [0, 0.05) is 26.4 Å². The van der Waals surface area contributed by atoms with E-state index >= 15 is 0 Å². The van der Waals surface area contributed by atoms with Gasteiger partial charge in [0.05, 0.1) is 26.4 Å². The van der Waals surface area contributed by atoms with Crippen molar-refractivity contribution in [1.82, 2.24) is 0 Å². The van der Waals surface area contributed by atoms with Crippen LogP contribution < -0.4 is 0 Å². The van der Waals surface area contributed by atoms with Gasteiger partial charge in [0.15, 0.2) is 0 Å². The smallest absolute Gasteiger partial charge is 0.0697 e. The highest BCUT2D eigenvalue weighted by Crippen LogP contribution is 2.15. The van der Waals surface area contributed by atoms with Crippen molar-refractivity contribution < 1.29 is 24.4 Å². The molecule has 0 heterocycles. The zero-order valence-electron chi connectivity index (χ0n) is 30.4. The highest BCUT2D eigenvalue weighted by molar-refractivity contribution is 4.52. The molecule has 0 saturated heterocycles. The summed E-state index contributed by atoms with van der Waals surface area (Å²) in [5.74, 6) is 0. The molecule has 2 N–H and O–H groups in total. The molecule has 272 valence electrons. The van der Waals surface area contributed by atoms with Crippen molar-refractivity contribution in [2.24, 2.45) is 0 Å². The molecule has 45 heavy (non-hydrogen) atoms. The zero-order valence-corrected chi connectivity index (χ0v) is 30.4. The van der Waals surface area contributed by atoms with Gasteiger partial charge in [0.2, 0.25) is 0 Å². The van der Waals surface area contributed by atoms with Crippen LogP contribution in [0.1, 0.15) is 205 Å². The molecule has 0 fully saturated rings. The van der Waals surface area contributed by atoms with Gasteiger partial charge in [0.25, 0.3) is 0 Å².